The lowest BCUT2D eigenvalue weighted by atomic mass is 10.2. The van der Waals surface area contributed by atoms with Gasteiger partial charge in [0.25, 0.3) is 0 Å². The number of hydrogen-bond acceptors (Lipinski definition) is 5. The summed E-state index contributed by atoms with van der Waals surface area (Å²) in [5, 5.41) is 10.2. The van der Waals surface area contributed by atoms with Crippen molar-refractivity contribution in [1.29, 1.82) is 0 Å². The molecule has 5 nitrogen and oxygen atoms in total. The molecule has 0 aromatic heterocycles. The van der Waals surface area contributed by atoms with E-state index in [-0.39, 0.29) is 6.79 Å². The average Bonchev–Trinajstić information content (AvgIpc) is 2.34. The Labute approximate surface area is 140 Å². The molecule has 0 N–H and O–H groups in total. The van der Waals surface area contributed by atoms with Gasteiger partial charge in [-0.3, -0.25) is 0 Å². The van der Waals surface area contributed by atoms with Crippen molar-refractivity contribution in [3.63, 3.8) is 0 Å². The fraction of sp³-hybridized carbons (Fsp3) is 0.364. The van der Waals surface area contributed by atoms with Gasteiger partial charge in [-0.25, -0.2) is 0 Å². The number of halogens is 4. The number of aliphatic carboxylic acids is 1. The number of benzene rings is 1. The van der Waals surface area contributed by atoms with Crippen molar-refractivity contribution in [3.05, 3.63) is 24.8 Å². The summed E-state index contributed by atoms with van der Waals surface area (Å²) in [6.07, 6.45) is -4.36. The Bertz CT molecular complexity index is 496. The van der Waals surface area contributed by atoms with Crippen LogP contribution in [0.5, 0.6) is 5.75 Å². The topological polar surface area (TPSA) is 67.8 Å². The van der Waals surface area contributed by atoms with Gasteiger partial charge in [-0.1, -0.05) is 0 Å². The summed E-state index contributed by atoms with van der Waals surface area (Å²) in [7, 11) is 1.42. The molecule has 1 rings (SSSR count). The largest absolute Gasteiger partial charge is 0.542 e. The predicted molar refractivity (Wildman–Crippen MR) is 79.1 cm³/mol. The van der Waals surface area contributed by atoms with Crippen LogP contribution in [-0.4, -0.2) is 26.0 Å². The fourth-order valence-corrected chi connectivity index (χ4v) is 3.35. The Morgan fingerprint density at radius 3 is 2.60 bits per heavy atom. The van der Waals surface area contributed by atoms with Gasteiger partial charge >= 0.3 is 6.11 Å². The van der Waals surface area contributed by atoms with E-state index in [2.05, 4.69) is 4.74 Å². The molecule has 0 heterocycles. The lowest BCUT2D eigenvalue weighted by Crippen LogP contribution is -2.43. The minimum atomic E-state index is -4.36. The molecule has 0 aliphatic carbocycles. The van der Waals surface area contributed by atoms with Crippen LogP contribution < -0.4 is 9.84 Å². The molecule has 0 fully saturated rings. The van der Waals surface area contributed by atoms with E-state index in [0.717, 1.165) is 3.57 Å². The molecule has 0 bridgehead atoms. The molecule has 0 saturated carbocycles. The van der Waals surface area contributed by atoms with Crippen LogP contribution in [0, 0.1) is 7.14 Å². The monoisotopic (exact) mass is 513 g/mol. The van der Waals surface area contributed by atoms with Crippen molar-refractivity contribution in [3.8, 4) is 5.75 Å². The summed E-state index contributed by atoms with van der Waals surface area (Å²) in [5.41, 5.74) is 0.291. The maximum absolute atomic E-state index is 12.9. The highest BCUT2D eigenvalue weighted by Crippen LogP contribution is 2.30. The van der Waals surface area contributed by atoms with Crippen molar-refractivity contribution in [2.45, 2.75) is 12.7 Å². The van der Waals surface area contributed by atoms with Crippen molar-refractivity contribution in [1.82, 2.24) is 0 Å². The van der Waals surface area contributed by atoms with E-state index >= 15 is 0 Å². The van der Waals surface area contributed by atoms with Crippen molar-refractivity contribution < 1.29 is 32.9 Å². The Morgan fingerprint density at radius 1 is 1.40 bits per heavy atom. The van der Waals surface area contributed by atoms with Gasteiger partial charge in [-0.05, 0) is 57.3 Å². The van der Waals surface area contributed by atoms with Gasteiger partial charge in [0.1, 0.15) is 11.7 Å². The van der Waals surface area contributed by atoms with Crippen molar-refractivity contribution >= 4 is 51.2 Å². The Hall–Kier alpha value is -0.270. The molecule has 0 radical (unpaired) electrons. The quantitative estimate of drug-likeness (QED) is 0.411. The number of carbonyl (C=O) groups is 1. The first kappa shape index (κ1) is 17.8. The van der Waals surface area contributed by atoms with Crippen LogP contribution in [-0.2, 0) is 20.9 Å². The van der Waals surface area contributed by atoms with Crippen molar-refractivity contribution in [2.75, 3.05) is 13.9 Å². The van der Waals surface area contributed by atoms with E-state index in [1.165, 1.54) is 7.11 Å². The molecule has 20 heavy (non-hydrogen) atoms. The van der Waals surface area contributed by atoms with Gasteiger partial charge in [-0.15, -0.1) is 0 Å². The van der Waals surface area contributed by atoms with Crippen LogP contribution in [0.25, 0.3) is 0 Å². The van der Waals surface area contributed by atoms with Crippen LogP contribution in [0.2, 0.25) is 0 Å². The van der Waals surface area contributed by atoms with E-state index in [0.29, 0.717) is 14.9 Å². The van der Waals surface area contributed by atoms with Gasteiger partial charge < -0.3 is 24.1 Å². The number of hydrogen-bond donors (Lipinski definition) is 0. The highest BCUT2D eigenvalue weighted by molar-refractivity contribution is 14.1. The van der Waals surface area contributed by atoms with E-state index < -0.39 is 18.7 Å². The van der Waals surface area contributed by atoms with Crippen LogP contribution in [0.4, 0.5) is 8.78 Å². The predicted octanol–water partition coefficient (Wildman–Crippen LogP) is 1.74. The molecule has 0 amide bonds. The molecule has 0 atom stereocenters. The molecule has 112 valence electrons. The molecular weight excluding hydrogens is 504 g/mol. The van der Waals surface area contributed by atoms with Crippen molar-refractivity contribution in [2.24, 2.45) is 0 Å². The number of carboxylic acids is 1. The smallest absolute Gasteiger partial charge is 0.397 e. The first-order chi connectivity index (χ1) is 9.27. The zero-order chi connectivity index (χ0) is 15.3. The van der Waals surface area contributed by atoms with E-state index in [9.17, 15) is 18.7 Å². The second kappa shape index (κ2) is 7.66. The summed E-state index contributed by atoms with van der Waals surface area (Å²) < 4.78 is 41.3. The minimum Gasteiger partial charge on any atom is -0.542 e. The maximum atomic E-state index is 12.9. The Morgan fingerprint density at radius 2 is 2.05 bits per heavy atom. The van der Waals surface area contributed by atoms with Crippen LogP contribution in [0.15, 0.2) is 12.1 Å². The lowest BCUT2D eigenvalue weighted by Gasteiger charge is -2.19. The number of rotatable bonds is 7. The highest BCUT2D eigenvalue weighted by Gasteiger charge is 2.32. The highest BCUT2D eigenvalue weighted by atomic mass is 127. The zero-order valence-electron chi connectivity index (χ0n) is 10.1. The molecule has 0 aliphatic rings. The maximum Gasteiger partial charge on any atom is 0.397 e. The molecule has 9 heteroatoms. The van der Waals surface area contributed by atoms with E-state index in [1.54, 1.807) is 12.1 Å². The third-order valence-corrected chi connectivity index (χ3v) is 3.48. The summed E-state index contributed by atoms with van der Waals surface area (Å²) in [5.74, 6) is -2.28. The summed E-state index contributed by atoms with van der Waals surface area (Å²) in [6, 6.07) is 3.32. The third-order valence-electron chi connectivity index (χ3n) is 2.05. The van der Waals surface area contributed by atoms with Gasteiger partial charge in [-0.2, -0.15) is 8.78 Å². The molecule has 0 aliphatic heterocycles. The number of carbonyl (C=O) groups excluding carboxylic acids is 1. The van der Waals surface area contributed by atoms with E-state index in [4.69, 9.17) is 9.47 Å². The minimum absolute atomic E-state index is 0.0690. The summed E-state index contributed by atoms with van der Waals surface area (Å²) in [4.78, 5) is 10.2. The van der Waals surface area contributed by atoms with Crippen LogP contribution >= 0.6 is 45.2 Å². The molecule has 1 aromatic rings. The first-order valence-electron chi connectivity index (χ1n) is 5.10. The zero-order valence-corrected chi connectivity index (χ0v) is 14.4. The SMILES string of the molecule is COCOc1c(I)cc(I)cc1COC(F)(F)C(=O)[O-]. The Balaban J connectivity index is 2.95. The van der Waals surface area contributed by atoms with Crippen LogP contribution in [0.3, 0.4) is 0 Å². The average molecular weight is 513 g/mol. The summed E-state index contributed by atoms with van der Waals surface area (Å²) in [6.45, 7) is -0.701. The number of carboxylic acid groups (broad SMARTS) is 1. The summed E-state index contributed by atoms with van der Waals surface area (Å²) >= 11 is 3.96. The number of methoxy groups -OCH3 is 1. The number of ether oxygens (including phenoxy) is 3. The lowest BCUT2D eigenvalue weighted by molar-refractivity contribution is -0.364. The van der Waals surface area contributed by atoms with Gasteiger partial charge in [0.05, 0.1) is 10.2 Å². The molecular formula is C11H9F2I2O5-. The molecule has 1 aromatic carbocycles. The fourth-order valence-electron chi connectivity index (χ4n) is 1.23. The molecule has 0 saturated heterocycles. The third kappa shape index (κ3) is 4.93. The van der Waals surface area contributed by atoms with Crippen LogP contribution in [0.1, 0.15) is 5.56 Å². The molecule has 0 unspecified atom stereocenters. The van der Waals surface area contributed by atoms with Gasteiger partial charge in [0.15, 0.2) is 6.79 Å². The second-order valence-corrected chi connectivity index (χ2v) is 5.93. The number of alkyl halides is 2. The first-order valence-corrected chi connectivity index (χ1v) is 7.26. The van der Waals surface area contributed by atoms with Gasteiger partial charge in [0.2, 0.25) is 0 Å². The molecule has 0 spiro atoms. The van der Waals surface area contributed by atoms with Gasteiger partial charge in [0, 0.05) is 16.2 Å². The normalized spacial score (nSPS) is 11.4. The second-order valence-electron chi connectivity index (χ2n) is 3.52. The van der Waals surface area contributed by atoms with E-state index in [1.807, 2.05) is 45.2 Å². The standard InChI is InChI=1S/C11H10F2I2O5/c1-18-5-19-9-6(2-7(14)3-8(9)15)4-20-11(12,13)10(16)17/h2-3H,4-5H2,1H3,(H,16,17)/p-1. The Kier molecular flexibility index (Phi) is 6.81.